The monoisotopic (exact) mass is 1900 g/mol. The summed E-state index contributed by atoms with van der Waals surface area (Å²) in [5, 5.41) is 25.7. The van der Waals surface area contributed by atoms with E-state index in [4.69, 9.17) is 128 Å². The molecule has 0 aromatic rings. The molecule has 21 aliphatic rings. The third-order valence-electron chi connectivity index (χ3n) is 20.2. The topological polar surface area (TPSA) is 830 Å². The van der Waals surface area contributed by atoms with Gasteiger partial charge in [-0.15, -0.1) is 0 Å². The van der Waals surface area contributed by atoms with Crippen molar-refractivity contribution in [3.05, 3.63) is 73.1 Å². The first-order valence-corrected chi connectivity index (χ1v) is 40.2. The lowest BCUT2D eigenvalue weighted by atomic mass is 9.79. The molecule has 0 N–H and O–H groups in total. The fraction of sp³-hybridized carbons (Fsp3) is 0.803. The number of hydrogen-bond acceptors (Lipinski definition) is 48. The summed E-state index contributed by atoms with van der Waals surface area (Å²) in [6.07, 6.45) is -76.4. The lowest BCUT2D eigenvalue weighted by Gasteiger charge is -2.52. The maximum atomic E-state index is 13.8. The van der Waals surface area contributed by atoms with Crippen molar-refractivity contribution in [3.8, 4) is 0 Å². The zero-order valence-electron chi connectivity index (χ0n) is 73.0. The normalized spacial score (nSPS) is 35.6. The van der Waals surface area contributed by atoms with Crippen molar-refractivity contribution in [3.63, 3.8) is 0 Å². The second-order valence-electron chi connectivity index (χ2n) is 29.9. The largest absolute Gasteiger partial charge is 0.456 e. The molecule has 133 heavy (non-hydrogen) atoms. The van der Waals surface area contributed by atoms with E-state index < -0.39 is 350 Å². The van der Waals surface area contributed by atoms with E-state index in [0.29, 0.717) is 0 Å². The molecule has 21 fully saturated rings. The van der Waals surface area contributed by atoms with E-state index in [-0.39, 0.29) is 0 Å². The number of esters is 14. The summed E-state index contributed by atoms with van der Waals surface area (Å²) in [5.41, 5.74) is 70.4. The zero-order chi connectivity index (χ0) is 97.9. The van der Waals surface area contributed by atoms with Crippen molar-refractivity contribution in [1.82, 2.24) is 0 Å². The third kappa shape index (κ3) is 28.6. The molecule has 0 aromatic heterocycles. The van der Waals surface area contributed by atoms with Crippen LogP contribution in [-0.4, -0.2) is 338 Å². The first-order chi connectivity index (χ1) is 63.2. The minimum absolute atomic E-state index is 0.727. The highest BCUT2D eigenvalue weighted by atomic mass is 16.8. The van der Waals surface area contributed by atoms with Crippen LogP contribution in [0.2, 0.25) is 0 Å². The molecule has 1 saturated carbocycles. The lowest BCUT2D eigenvalue weighted by Crippen LogP contribution is -2.70. The Balaban J connectivity index is 1.49. The maximum absolute atomic E-state index is 13.8. The fourth-order valence-electron chi connectivity index (χ4n) is 16.0. The van der Waals surface area contributed by atoms with Crippen molar-refractivity contribution in [2.24, 2.45) is 41.7 Å². The van der Waals surface area contributed by atoms with Gasteiger partial charge in [-0.05, 0) is 51.1 Å². The summed E-state index contributed by atoms with van der Waals surface area (Å²) in [5.74, 6) is -19.4. The molecule has 14 bridgehead atoms. The minimum atomic E-state index is -2.41. The van der Waals surface area contributed by atoms with E-state index in [0.717, 1.165) is 96.9 Å². The fourth-order valence-corrected chi connectivity index (χ4v) is 16.0. The molecule has 20 heterocycles. The number of nitrogens with zero attached hydrogens (tertiary/aromatic N) is 21. The van der Waals surface area contributed by atoms with Gasteiger partial charge in [0.15, 0.2) is 123 Å². The Kier molecular flexibility index (Phi) is 39.4. The summed E-state index contributed by atoms with van der Waals surface area (Å²) < 4.78 is 169. The Bertz CT molecular complexity index is 3830. The second-order valence-corrected chi connectivity index (χ2v) is 29.9. The molecule has 20 saturated heterocycles. The summed E-state index contributed by atoms with van der Waals surface area (Å²) in [6.45, 7) is 4.55. The van der Waals surface area contributed by atoms with Crippen molar-refractivity contribution in [1.29, 1.82) is 0 Å². The Labute approximate surface area is 749 Å². The maximum Gasteiger partial charge on any atom is 0.303 e. The van der Waals surface area contributed by atoms with Gasteiger partial charge in [-0.1, -0.05) is 35.8 Å². The first-order valence-electron chi connectivity index (χ1n) is 40.2. The molecule has 21 unspecified atom stereocenters. The average molecular weight is 1900 g/mol. The molecular formula is C71H93N21O41. The highest BCUT2D eigenvalue weighted by molar-refractivity contribution is 5.72. The highest BCUT2D eigenvalue weighted by Crippen LogP contribution is 2.46. The average Bonchev–Trinajstić information content (AvgIpc) is 0.831. The van der Waals surface area contributed by atoms with Gasteiger partial charge in [0, 0.05) is 138 Å². The predicted molar refractivity (Wildman–Crippen MR) is 414 cm³/mol. The smallest absolute Gasteiger partial charge is 0.303 e. The van der Waals surface area contributed by atoms with E-state index in [2.05, 4.69) is 70.2 Å². The van der Waals surface area contributed by atoms with Gasteiger partial charge in [-0.2, -0.15) is 0 Å². The van der Waals surface area contributed by atoms with Crippen LogP contribution in [0.25, 0.3) is 73.1 Å². The SMILES string of the molecule is CC(=O)OC1C(OC(C)=O)[C@@H]2O[C@@H]3OC(CN=[N+]=[N-])[C@@H](O[C@@H]4OC(CN=[N+]=[N-])[C@@H](O[C@@H]5OC(CN=[N+]=[N-])[C@@H](O[C@H]6OC(CN=[N+]=[N-])[C@@H](O[C@H]7OC(CN=[N+]=[N-])[C@@H](O[C@H]8CC(CN=[N+]=[N-])[C@@H](O[C@H]1OC2CN=[N+]=[N-])C(OC(C)=O)C8OC(C)=O)C(OC(C)=O)C7OC(C)=O)C(OC(C)=O)C6OC(C)=O)C(OC(C)=O)C5OC(C)=O)C(OC(C)=O)C4OC(C)=O)C(OC(C)=O)C3OC(C)=O. The van der Waals surface area contributed by atoms with Crippen LogP contribution in [0.5, 0.6) is 0 Å². The Morgan fingerprint density at radius 2 is 0.346 bits per heavy atom. The molecule has 35 atom stereocenters. The molecule has 62 nitrogen and oxygen atoms in total. The van der Waals surface area contributed by atoms with E-state index in [1.807, 2.05) is 0 Å². The van der Waals surface area contributed by atoms with Gasteiger partial charge in [0.05, 0.1) is 82.0 Å². The number of rotatable bonds is 28. The van der Waals surface area contributed by atoms with Gasteiger partial charge >= 0.3 is 83.6 Å². The first kappa shape index (κ1) is 106. The molecule has 21 rings (SSSR count). The van der Waals surface area contributed by atoms with Crippen LogP contribution >= 0.6 is 0 Å². The standard InChI is InChI=1S/C71H93N21O41/c1-23(93)107-46-38-15-37(16-79-86-72)45(53(46)108-24(2)94)128-66-61(116-32(10)102)55(110-26(4)96)48(40(123-66)18-81-88-74)130-68-63(118-34(12)104)57(112-28(6)98)50(42(125-68)20-83-90-76)132-70-65(120-36(14)106)59(114-30(8)100)52(44(127-70)22-85-92-78)133-71-64(119-35(13)105)58(113-29(7)99)51(43(126-71)21-84-91-77)131-69-62(117-33(11)103)56(111-27(5)97)49(41(124-69)19-82-89-75)129-67-60(115-31(9)101)54(109-25(3)95)47(121-38)39(122-67)17-80-87-73/h37-71H,15-22H2,1-14H3/t37?,38-,39?,40?,41?,42?,43?,44?,45+,46?,47+,48+,49+,50+,51+,52+,53?,54?,55?,56?,57?,58?,59?,60?,61?,62?,63?,64?,65?,66+,67+,68-,69+,70-,71-/m0/s1. The van der Waals surface area contributed by atoms with Gasteiger partial charge in [-0.25, -0.2) is 0 Å². The second kappa shape index (κ2) is 49.6. The van der Waals surface area contributed by atoms with Gasteiger partial charge in [0.2, 0.25) is 0 Å². The Morgan fingerprint density at radius 1 is 0.203 bits per heavy atom. The van der Waals surface area contributed by atoms with E-state index in [1.54, 1.807) is 0 Å². The summed E-state index contributed by atoms with van der Waals surface area (Å²) >= 11 is 0. The van der Waals surface area contributed by atoms with Crippen LogP contribution in [0.15, 0.2) is 35.8 Å². The van der Waals surface area contributed by atoms with E-state index in [9.17, 15) is 106 Å². The predicted octanol–water partition coefficient (Wildman–Crippen LogP) is 2.65. The van der Waals surface area contributed by atoms with Crippen LogP contribution < -0.4 is 0 Å². The number of hydrogen-bond donors (Lipinski definition) is 0. The Hall–Kier alpha value is -12.8. The quantitative estimate of drug-likeness (QED) is 0.0357. The number of carbonyl (C=O) groups is 14. The molecule has 1 aliphatic carbocycles. The van der Waals surface area contributed by atoms with Crippen molar-refractivity contribution in [2.75, 3.05) is 45.8 Å². The molecule has 728 valence electrons. The number of carbonyl (C=O) groups excluding carboxylic acids is 14. The van der Waals surface area contributed by atoms with Crippen molar-refractivity contribution >= 4 is 83.6 Å². The third-order valence-corrected chi connectivity index (χ3v) is 20.2. The summed E-state index contributed by atoms with van der Waals surface area (Å²) in [6, 6.07) is 0. The van der Waals surface area contributed by atoms with Gasteiger partial charge < -0.3 is 128 Å². The van der Waals surface area contributed by atoms with Crippen LogP contribution in [0, 0.1) is 5.92 Å². The van der Waals surface area contributed by atoms with Crippen LogP contribution in [0.4, 0.5) is 0 Å². The molecule has 0 aromatic carbocycles. The number of ether oxygens (including phenoxy) is 27. The van der Waals surface area contributed by atoms with Crippen molar-refractivity contribution < 1.29 is 195 Å². The summed E-state index contributed by atoms with van der Waals surface area (Å²) in [4.78, 5) is 213. The lowest BCUT2D eigenvalue weighted by molar-refractivity contribution is -0.391. The molecule has 20 aliphatic heterocycles. The van der Waals surface area contributed by atoms with Gasteiger partial charge in [-0.3, -0.25) is 67.1 Å². The zero-order valence-corrected chi connectivity index (χ0v) is 73.0. The van der Waals surface area contributed by atoms with Crippen molar-refractivity contribution in [2.45, 2.75) is 312 Å². The van der Waals surface area contributed by atoms with Gasteiger partial charge in [0.25, 0.3) is 0 Å². The summed E-state index contributed by atoms with van der Waals surface area (Å²) in [7, 11) is 0. The van der Waals surface area contributed by atoms with E-state index in [1.165, 1.54) is 0 Å². The molecule has 62 heteroatoms. The molecule has 0 spiro atoms. The number of azide groups is 7. The van der Waals surface area contributed by atoms with Crippen LogP contribution in [0.1, 0.15) is 103 Å². The van der Waals surface area contributed by atoms with Crippen LogP contribution in [0.3, 0.4) is 0 Å². The van der Waals surface area contributed by atoms with Gasteiger partial charge in [0.1, 0.15) is 42.7 Å². The minimum Gasteiger partial charge on any atom is -0.456 e. The Morgan fingerprint density at radius 3 is 0.519 bits per heavy atom. The van der Waals surface area contributed by atoms with E-state index >= 15 is 0 Å². The highest BCUT2D eigenvalue weighted by Gasteiger charge is 2.65. The molecule has 0 amide bonds. The molecular weight excluding hydrogens is 1800 g/mol. The van der Waals surface area contributed by atoms with Crippen LogP contribution in [-0.2, 0) is 195 Å². The molecule has 0 radical (unpaired) electrons.